The van der Waals surface area contributed by atoms with E-state index in [2.05, 4.69) is 38.2 Å². The third kappa shape index (κ3) is 6.79. The lowest BCUT2D eigenvalue weighted by Crippen LogP contribution is -2.28. The van der Waals surface area contributed by atoms with Crippen molar-refractivity contribution in [3.8, 4) is 5.75 Å². The van der Waals surface area contributed by atoms with Gasteiger partial charge in [0, 0.05) is 11.4 Å². The van der Waals surface area contributed by atoms with Gasteiger partial charge in [0.05, 0.1) is 6.54 Å². The molecule has 0 aliphatic rings. The van der Waals surface area contributed by atoms with Crippen LogP contribution in [-0.4, -0.2) is 19.1 Å². The largest absolute Gasteiger partial charge is 0.492 e. The zero-order chi connectivity index (χ0) is 18.3. The molecule has 1 N–H and O–H groups in total. The van der Waals surface area contributed by atoms with E-state index in [1.54, 1.807) is 0 Å². The number of ether oxygens (including phenoxy) is 1. The second-order valence-corrected chi connectivity index (χ2v) is 7.54. The summed E-state index contributed by atoms with van der Waals surface area (Å²) in [5, 5.41) is 3.59. The first kappa shape index (κ1) is 19.3. The Bertz CT molecular complexity index is 673. The predicted octanol–water partition coefficient (Wildman–Crippen LogP) is 4.77. The molecule has 0 atom stereocenters. The van der Waals surface area contributed by atoms with Crippen LogP contribution < -0.4 is 10.1 Å². The van der Waals surface area contributed by atoms with E-state index in [0.29, 0.717) is 31.0 Å². The highest BCUT2D eigenvalue weighted by Gasteiger charge is 2.12. The van der Waals surface area contributed by atoms with Gasteiger partial charge in [-0.3, -0.25) is 4.79 Å². The quantitative estimate of drug-likeness (QED) is 0.723. The fourth-order valence-electron chi connectivity index (χ4n) is 2.41. The summed E-state index contributed by atoms with van der Waals surface area (Å²) in [6.45, 7) is 7.51. The second-order valence-electron chi connectivity index (χ2n) is 7.10. The van der Waals surface area contributed by atoms with Crippen LogP contribution in [0.1, 0.15) is 38.3 Å². The molecule has 0 aromatic heterocycles. The van der Waals surface area contributed by atoms with Crippen LogP contribution in [0, 0.1) is 0 Å². The van der Waals surface area contributed by atoms with E-state index >= 15 is 0 Å². The summed E-state index contributed by atoms with van der Waals surface area (Å²) in [6, 6.07) is 15.7. The summed E-state index contributed by atoms with van der Waals surface area (Å²) in [4.78, 5) is 11.9. The molecule has 0 spiro atoms. The van der Waals surface area contributed by atoms with Gasteiger partial charge in [0.15, 0.2) is 0 Å². The standard InChI is InChI=1S/C21H26ClNO2/c1-21(2,3)17-7-11-19(12-8-17)25-15-14-23-20(24)13-6-16-4-9-18(22)10-5-16/h4-5,7-12H,6,13-15H2,1-3H3,(H,23,24). The minimum absolute atomic E-state index is 0.0293. The number of carbonyl (C=O) groups is 1. The number of halogens is 1. The van der Waals surface area contributed by atoms with E-state index < -0.39 is 0 Å². The Morgan fingerprint density at radius 1 is 1.04 bits per heavy atom. The number of rotatable bonds is 7. The third-order valence-corrected chi connectivity index (χ3v) is 4.22. The number of carbonyl (C=O) groups excluding carboxylic acids is 1. The maximum atomic E-state index is 11.9. The minimum atomic E-state index is 0.0293. The molecule has 2 aromatic carbocycles. The van der Waals surface area contributed by atoms with E-state index in [-0.39, 0.29) is 11.3 Å². The van der Waals surface area contributed by atoms with Gasteiger partial charge in [-0.15, -0.1) is 0 Å². The Balaban J connectivity index is 1.65. The van der Waals surface area contributed by atoms with Crippen molar-refractivity contribution in [3.63, 3.8) is 0 Å². The van der Waals surface area contributed by atoms with Gasteiger partial charge in [-0.2, -0.15) is 0 Å². The summed E-state index contributed by atoms with van der Waals surface area (Å²) in [5.41, 5.74) is 2.52. The lowest BCUT2D eigenvalue weighted by molar-refractivity contribution is -0.121. The molecule has 134 valence electrons. The molecule has 2 rings (SSSR count). The van der Waals surface area contributed by atoms with Gasteiger partial charge in [0.25, 0.3) is 0 Å². The molecule has 0 aliphatic heterocycles. The summed E-state index contributed by atoms with van der Waals surface area (Å²) in [6.07, 6.45) is 1.17. The molecule has 0 unspecified atom stereocenters. The summed E-state index contributed by atoms with van der Waals surface area (Å²) < 4.78 is 5.67. The maximum absolute atomic E-state index is 11.9. The number of nitrogens with one attached hydrogen (secondary N) is 1. The molecule has 25 heavy (non-hydrogen) atoms. The highest BCUT2D eigenvalue weighted by Crippen LogP contribution is 2.24. The minimum Gasteiger partial charge on any atom is -0.492 e. The van der Waals surface area contributed by atoms with Crippen molar-refractivity contribution in [1.82, 2.24) is 5.32 Å². The molecule has 1 amide bonds. The van der Waals surface area contributed by atoms with Crippen LogP contribution in [-0.2, 0) is 16.6 Å². The van der Waals surface area contributed by atoms with Gasteiger partial charge >= 0.3 is 0 Å². The molecule has 0 saturated carbocycles. The average Bonchev–Trinajstić information content (AvgIpc) is 2.58. The monoisotopic (exact) mass is 359 g/mol. The zero-order valence-corrected chi connectivity index (χ0v) is 15.9. The maximum Gasteiger partial charge on any atom is 0.220 e. The van der Waals surface area contributed by atoms with Crippen molar-refractivity contribution in [3.05, 3.63) is 64.7 Å². The Hall–Kier alpha value is -2.00. The molecular weight excluding hydrogens is 334 g/mol. The van der Waals surface area contributed by atoms with E-state index in [4.69, 9.17) is 16.3 Å². The fourth-order valence-corrected chi connectivity index (χ4v) is 2.53. The van der Waals surface area contributed by atoms with Crippen LogP contribution >= 0.6 is 11.6 Å². The van der Waals surface area contributed by atoms with Crippen LogP contribution in [0.2, 0.25) is 5.02 Å². The van der Waals surface area contributed by atoms with Crippen LogP contribution in [0.3, 0.4) is 0 Å². The van der Waals surface area contributed by atoms with Crippen LogP contribution in [0.4, 0.5) is 0 Å². The average molecular weight is 360 g/mol. The van der Waals surface area contributed by atoms with Gasteiger partial charge < -0.3 is 10.1 Å². The fraction of sp³-hybridized carbons (Fsp3) is 0.381. The van der Waals surface area contributed by atoms with E-state index in [1.165, 1.54) is 5.56 Å². The van der Waals surface area contributed by atoms with E-state index in [9.17, 15) is 4.79 Å². The van der Waals surface area contributed by atoms with Crippen molar-refractivity contribution >= 4 is 17.5 Å². The Morgan fingerprint density at radius 2 is 1.68 bits per heavy atom. The Kier molecular flexibility index (Phi) is 6.89. The number of hydrogen-bond donors (Lipinski definition) is 1. The lowest BCUT2D eigenvalue weighted by atomic mass is 9.87. The topological polar surface area (TPSA) is 38.3 Å². The van der Waals surface area contributed by atoms with Gasteiger partial charge in [-0.25, -0.2) is 0 Å². The van der Waals surface area contributed by atoms with Crippen LogP contribution in [0.15, 0.2) is 48.5 Å². The van der Waals surface area contributed by atoms with Crippen LogP contribution in [0.5, 0.6) is 5.75 Å². The van der Waals surface area contributed by atoms with Crippen molar-refractivity contribution < 1.29 is 9.53 Å². The lowest BCUT2D eigenvalue weighted by Gasteiger charge is -2.19. The molecule has 0 bridgehead atoms. The van der Waals surface area contributed by atoms with Crippen molar-refractivity contribution in [1.29, 1.82) is 0 Å². The molecular formula is C21H26ClNO2. The highest BCUT2D eigenvalue weighted by molar-refractivity contribution is 6.30. The zero-order valence-electron chi connectivity index (χ0n) is 15.1. The van der Waals surface area contributed by atoms with Crippen molar-refractivity contribution in [2.45, 2.75) is 39.0 Å². The highest BCUT2D eigenvalue weighted by atomic mass is 35.5. The van der Waals surface area contributed by atoms with Crippen LogP contribution in [0.25, 0.3) is 0 Å². The summed E-state index contributed by atoms with van der Waals surface area (Å²) >= 11 is 5.85. The number of amides is 1. The van der Waals surface area contributed by atoms with Crippen molar-refractivity contribution in [2.24, 2.45) is 0 Å². The first-order valence-electron chi connectivity index (χ1n) is 8.59. The third-order valence-electron chi connectivity index (χ3n) is 3.97. The number of aryl methyl sites for hydroxylation is 1. The molecule has 2 aromatic rings. The van der Waals surface area contributed by atoms with Gasteiger partial charge in [0.2, 0.25) is 5.91 Å². The van der Waals surface area contributed by atoms with Crippen molar-refractivity contribution in [2.75, 3.05) is 13.2 Å². The summed E-state index contributed by atoms with van der Waals surface area (Å²) in [5.74, 6) is 0.852. The molecule has 0 radical (unpaired) electrons. The number of hydrogen-bond acceptors (Lipinski definition) is 2. The molecule has 0 heterocycles. The Labute approximate surface area is 155 Å². The Morgan fingerprint density at radius 3 is 2.28 bits per heavy atom. The first-order valence-corrected chi connectivity index (χ1v) is 8.97. The SMILES string of the molecule is CC(C)(C)c1ccc(OCCNC(=O)CCc2ccc(Cl)cc2)cc1. The number of benzene rings is 2. The second kappa shape index (κ2) is 8.91. The molecule has 3 nitrogen and oxygen atoms in total. The predicted molar refractivity (Wildman–Crippen MR) is 103 cm³/mol. The molecule has 4 heteroatoms. The first-order chi connectivity index (χ1) is 11.8. The molecule has 0 aliphatic carbocycles. The van der Waals surface area contributed by atoms with Gasteiger partial charge in [0.1, 0.15) is 12.4 Å². The van der Waals surface area contributed by atoms with Gasteiger partial charge in [-0.05, 0) is 47.2 Å². The van der Waals surface area contributed by atoms with E-state index in [0.717, 1.165) is 11.3 Å². The molecule has 0 fully saturated rings. The van der Waals surface area contributed by atoms with Gasteiger partial charge in [-0.1, -0.05) is 56.6 Å². The van der Waals surface area contributed by atoms with E-state index in [1.807, 2.05) is 36.4 Å². The molecule has 0 saturated heterocycles. The summed E-state index contributed by atoms with van der Waals surface area (Å²) in [7, 11) is 0. The normalized spacial score (nSPS) is 11.2. The smallest absolute Gasteiger partial charge is 0.220 e.